The Morgan fingerprint density at radius 1 is 1.28 bits per heavy atom. The second-order valence-electron chi connectivity index (χ2n) is 5.47. The number of urea groups is 1. The van der Waals surface area contributed by atoms with E-state index >= 15 is 0 Å². The van der Waals surface area contributed by atoms with Crippen molar-refractivity contribution in [1.82, 2.24) is 9.88 Å². The van der Waals surface area contributed by atoms with Gasteiger partial charge in [0.2, 0.25) is 0 Å². The van der Waals surface area contributed by atoms with Crippen molar-refractivity contribution in [2.45, 2.75) is 26.4 Å². The number of rotatable bonds is 6. The van der Waals surface area contributed by atoms with E-state index in [1.54, 1.807) is 29.5 Å². The molecule has 1 aromatic carbocycles. The molecule has 1 heterocycles. The number of amides is 2. The van der Waals surface area contributed by atoms with E-state index in [1.807, 2.05) is 26.0 Å². The van der Waals surface area contributed by atoms with Crippen LogP contribution in [0.2, 0.25) is 0 Å². The Morgan fingerprint density at radius 3 is 2.64 bits per heavy atom. The van der Waals surface area contributed by atoms with Gasteiger partial charge >= 0.3 is 12.0 Å². The predicted octanol–water partition coefficient (Wildman–Crippen LogP) is 3.38. The van der Waals surface area contributed by atoms with Gasteiger partial charge in [-0.05, 0) is 26.0 Å². The lowest BCUT2D eigenvalue weighted by molar-refractivity contribution is 0.0594. The molecular formula is C17H21N3O4S. The number of methoxy groups -OCH3 is 2. The van der Waals surface area contributed by atoms with Gasteiger partial charge < -0.3 is 19.7 Å². The lowest BCUT2D eigenvalue weighted by Crippen LogP contribution is -2.39. The van der Waals surface area contributed by atoms with Crippen LogP contribution in [0.25, 0.3) is 0 Å². The van der Waals surface area contributed by atoms with Crippen LogP contribution in [0.1, 0.15) is 29.3 Å². The Bertz CT molecular complexity index is 745. The highest BCUT2D eigenvalue weighted by Crippen LogP contribution is 2.24. The molecular weight excluding hydrogens is 342 g/mol. The predicted molar refractivity (Wildman–Crippen MR) is 96.1 cm³/mol. The van der Waals surface area contributed by atoms with Crippen molar-refractivity contribution in [3.63, 3.8) is 0 Å². The summed E-state index contributed by atoms with van der Waals surface area (Å²) < 4.78 is 9.90. The van der Waals surface area contributed by atoms with Crippen molar-refractivity contribution in [2.75, 3.05) is 19.5 Å². The van der Waals surface area contributed by atoms with E-state index in [4.69, 9.17) is 4.74 Å². The first-order valence-electron chi connectivity index (χ1n) is 7.69. The maximum Gasteiger partial charge on any atom is 0.357 e. The van der Waals surface area contributed by atoms with Crippen molar-refractivity contribution < 1.29 is 19.1 Å². The molecule has 0 radical (unpaired) electrons. The van der Waals surface area contributed by atoms with Gasteiger partial charge in [0.25, 0.3) is 0 Å². The van der Waals surface area contributed by atoms with Crippen LogP contribution in [0.5, 0.6) is 5.75 Å². The molecule has 8 heteroatoms. The van der Waals surface area contributed by atoms with Crippen LogP contribution in [-0.2, 0) is 11.3 Å². The minimum Gasteiger partial charge on any atom is -0.495 e. The Hall–Kier alpha value is -2.61. The number of hydrogen-bond donors (Lipinski definition) is 1. The Morgan fingerprint density at radius 2 is 2.00 bits per heavy atom. The molecule has 0 aliphatic heterocycles. The van der Waals surface area contributed by atoms with Crippen molar-refractivity contribution in [3.05, 3.63) is 40.3 Å². The summed E-state index contributed by atoms with van der Waals surface area (Å²) >= 11 is 1.31. The number of anilines is 1. The molecule has 2 amide bonds. The van der Waals surface area contributed by atoms with E-state index in [0.717, 1.165) is 0 Å². The third-order valence-electron chi connectivity index (χ3n) is 3.48. The highest BCUT2D eigenvalue weighted by Gasteiger charge is 2.21. The number of thiazole rings is 1. The highest BCUT2D eigenvalue weighted by molar-refractivity contribution is 7.09. The summed E-state index contributed by atoms with van der Waals surface area (Å²) in [6.45, 7) is 4.12. The molecule has 25 heavy (non-hydrogen) atoms. The number of aromatic nitrogens is 1. The number of ether oxygens (including phenoxy) is 2. The second-order valence-corrected chi connectivity index (χ2v) is 6.41. The third kappa shape index (κ3) is 4.69. The number of nitrogens with zero attached hydrogens (tertiary/aromatic N) is 2. The quantitative estimate of drug-likeness (QED) is 0.796. The SMILES string of the molecule is COC(=O)c1csc(CN(C(=O)Nc2ccccc2OC)C(C)C)n1. The average Bonchev–Trinajstić information content (AvgIpc) is 3.07. The Kier molecular flexibility index (Phi) is 6.35. The molecule has 0 spiro atoms. The van der Waals surface area contributed by atoms with Crippen LogP contribution in [0.15, 0.2) is 29.6 Å². The lowest BCUT2D eigenvalue weighted by Gasteiger charge is -2.26. The number of nitrogens with one attached hydrogen (secondary N) is 1. The number of benzene rings is 1. The molecule has 0 atom stereocenters. The fourth-order valence-electron chi connectivity index (χ4n) is 2.15. The zero-order valence-electron chi connectivity index (χ0n) is 14.6. The number of carbonyl (C=O) groups is 2. The summed E-state index contributed by atoms with van der Waals surface area (Å²) in [7, 11) is 2.86. The summed E-state index contributed by atoms with van der Waals surface area (Å²) in [6, 6.07) is 6.88. The van der Waals surface area contributed by atoms with E-state index in [1.165, 1.54) is 18.4 Å². The van der Waals surface area contributed by atoms with Crippen LogP contribution < -0.4 is 10.1 Å². The fraction of sp³-hybridized carbons (Fsp3) is 0.353. The summed E-state index contributed by atoms with van der Waals surface area (Å²) in [4.78, 5) is 30.0. The molecule has 1 N–H and O–H groups in total. The highest BCUT2D eigenvalue weighted by atomic mass is 32.1. The van der Waals surface area contributed by atoms with Gasteiger partial charge in [0.1, 0.15) is 10.8 Å². The van der Waals surface area contributed by atoms with Gasteiger partial charge in [0.05, 0.1) is 26.5 Å². The van der Waals surface area contributed by atoms with E-state index in [2.05, 4.69) is 15.0 Å². The van der Waals surface area contributed by atoms with E-state index in [9.17, 15) is 9.59 Å². The lowest BCUT2D eigenvalue weighted by atomic mass is 10.3. The first-order valence-corrected chi connectivity index (χ1v) is 8.57. The smallest absolute Gasteiger partial charge is 0.357 e. The summed E-state index contributed by atoms with van der Waals surface area (Å²) in [5.41, 5.74) is 0.839. The molecule has 134 valence electrons. The maximum absolute atomic E-state index is 12.7. The molecule has 0 saturated carbocycles. The van der Waals surface area contributed by atoms with Crippen molar-refractivity contribution in [1.29, 1.82) is 0 Å². The monoisotopic (exact) mass is 363 g/mol. The summed E-state index contributed by atoms with van der Waals surface area (Å²) in [6.07, 6.45) is 0. The summed E-state index contributed by atoms with van der Waals surface area (Å²) in [5.74, 6) is 0.0962. The molecule has 0 aliphatic carbocycles. The topological polar surface area (TPSA) is 80.8 Å². The molecule has 0 unspecified atom stereocenters. The zero-order chi connectivity index (χ0) is 18.4. The molecule has 2 rings (SSSR count). The van der Waals surface area contributed by atoms with Crippen molar-refractivity contribution >= 4 is 29.0 Å². The minimum absolute atomic E-state index is 0.0554. The molecule has 0 saturated heterocycles. The number of hydrogen-bond acceptors (Lipinski definition) is 6. The van der Waals surface area contributed by atoms with Crippen molar-refractivity contribution in [2.24, 2.45) is 0 Å². The van der Waals surface area contributed by atoms with Crippen molar-refractivity contribution in [3.8, 4) is 5.75 Å². The van der Waals surface area contributed by atoms with E-state index in [-0.39, 0.29) is 17.8 Å². The Labute approximate surface area is 150 Å². The number of esters is 1. The zero-order valence-corrected chi connectivity index (χ0v) is 15.4. The normalized spacial score (nSPS) is 10.4. The first-order chi connectivity index (χ1) is 12.0. The molecule has 2 aromatic rings. The van der Waals surface area contributed by atoms with Crippen LogP contribution >= 0.6 is 11.3 Å². The van der Waals surface area contributed by atoms with Gasteiger partial charge in [-0.2, -0.15) is 0 Å². The van der Waals surface area contributed by atoms with Gasteiger partial charge in [-0.25, -0.2) is 14.6 Å². The third-order valence-corrected chi connectivity index (χ3v) is 4.32. The van der Waals surface area contributed by atoms with Gasteiger partial charge in [0, 0.05) is 11.4 Å². The van der Waals surface area contributed by atoms with Crippen LogP contribution in [0.3, 0.4) is 0 Å². The Balaban J connectivity index is 2.13. The molecule has 0 bridgehead atoms. The maximum atomic E-state index is 12.7. The van der Waals surface area contributed by atoms with Crippen LogP contribution in [0, 0.1) is 0 Å². The van der Waals surface area contributed by atoms with E-state index < -0.39 is 5.97 Å². The number of carbonyl (C=O) groups excluding carboxylic acids is 2. The molecule has 1 aromatic heterocycles. The standard InChI is InChI=1S/C17H21N3O4S/c1-11(2)20(9-15-18-13(10-25-15)16(21)24-4)17(22)19-12-7-5-6-8-14(12)23-3/h5-8,10-11H,9H2,1-4H3,(H,19,22). The van der Waals surface area contributed by atoms with E-state index in [0.29, 0.717) is 23.0 Å². The fourth-order valence-corrected chi connectivity index (χ4v) is 2.91. The van der Waals surface area contributed by atoms with Gasteiger partial charge in [0.15, 0.2) is 5.69 Å². The minimum atomic E-state index is -0.489. The molecule has 0 aliphatic rings. The van der Waals surface area contributed by atoms with Crippen LogP contribution in [-0.4, -0.2) is 42.1 Å². The average molecular weight is 363 g/mol. The largest absolute Gasteiger partial charge is 0.495 e. The van der Waals surface area contributed by atoms with Crippen LogP contribution in [0.4, 0.5) is 10.5 Å². The second kappa shape index (κ2) is 8.48. The first kappa shape index (κ1) is 18.7. The van der Waals surface area contributed by atoms with Gasteiger partial charge in [-0.15, -0.1) is 11.3 Å². The van der Waals surface area contributed by atoms with Gasteiger partial charge in [-0.1, -0.05) is 12.1 Å². The number of para-hydroxylation sites is 2. The molecule has 0 fully saturated rings. The summed E-state index contributed by atoms with van der Waals surface area (Å²) in [5, 5.41) is 5.13. The van der Waals surface area contributed by atoms with Gasteiger partial charge in [-0.3, -0.25) is 0 Å². The molecule has 7 nitrogen and oxygen atoms in total.